The van der Waals surface area contributed by atoms with Crippen molar-refractivity contribution in [3.63, 3.8) is 0 Å². The van der Waals surface area contributed by atoms with Gasteiger partial charge in [0.2, 0.25) is 5.91 Å². The Morgan fingerprint density at radius 2 is 2.26 bits per heavy atom. The van der Waals surface area contributed by atoms with Gasteiger partial charge in [0.1, 0.15) is 0 Å². The van der Waals surface area contributed by atoms with Gasteiger partial charge in [-0.05, 0) is 18.1 Å². The lowest BCUT2D eigenvalue weighted by Crippen LogP contribution is -2.13. The highest BCUT2D eigenvalue weighted by Gasteiger charge is 2.09. The summed E-state index contributed by atoms with van der Waals surface area (Å²) < 4.78 is 1.02. The van der Waals surface area contributed by atoms with Crippen LogP contribution in [0.4, 0.5) is 5.13 Å². The standard InChI is InChI=1S/C14H15BrN2OS/c1-9(2)6-13(18)17-14-16-12(8-19-14)10-4-3-5-11(15)7-10/h3-5,7-9H,6H2,1-2H3,(H,16,17,18). The van der Waals surface area contributed by atoms with E-state index < -0.39 is 0 Å². The SMILES string of the molecule is CC(C)CC(=O)Nc1nc(-c2cccc(Br)c2)cs1. The maximum Gasteiger partial charge on any atom is 0.226 e. The number of anilines is 1. The van der Waals surface area contributed by atoms with Crippen LogP contribution in [0.2, 0.25) is 0 Å². The summed E-state index contributed by atoms with van der Waals surface area (Å²) in [4.78, 5) is 16.1. The van der Waals surface area contributed by atoms with Crippen molar-refractivity contribution in [1.29, 1.82) is 0 Å². The van der Waals surface area contributed by atoms with Gasteiger partial charge in [-0.2, -0.15) is 0 Å². The maximum absolute atomic E-state index is 11.7. The minimum Gasteiger partial charge on any atom is -0.302 e. The molecule has 0 bridgehead atoms. The molecule has 1 N–H and O–H groups in total. The second-order valence-electron chi connectivity index (χ2n) is 4.69. The highest BCUT2D eigenvalue weighted by Crippen LogP contribution is 2.27. The van der Waals surface area contributed by atoms with E-state index in [0.717, 1.165) is 15.7 Å². The molecule has 1 amide bonds. The monoisotopic (exact) mass is 338 g/mol. The molecule has 0 unspecified atom stereocenters. The summed E-state index contributed by atoms with van der Waals surface area (Å²) in [6, 6.07) is 7.95. The summed E-state index contributed by atoms with van der Waals surface area (Å²) in [7, 11) is 0. The minimum atomic E-state index is 0.0187. The van der Waals surface area contributed by atoms with Crippen molar-refractivity contribution in [2.24, 2.45) is 5.92 Å². The van der Waals surface area contributed by atoms with Crippen LogP contribution in [0.5, 0.6) is 0 Å². The Morgan fingerprint density at radius 3 is 2.95 bits per heavy atom. The highest BCUT2D eigenvalue weighted by atomic mass is 79.9. The van der Waals surface area contributed by atoms with E-state index >= 15 is 0 Å². The fourth-order valence-corrected chi connectivity index (χ4v) is 2.79. The van der Waals surface area contributed by atoms with E-state index in [2.05, 4.69) is 26.2 Å². The summed E-state index contributed by atoms with van der Waals surface area (Å²) in [5, 5.41) is 5.44. The Hall–Kier alpha value is -1.20. The number of hydrogen-bond donors (Lipinski definition) is 1. The third-order valence-electron chi connectivity index (χ3n) is 2.46. The molecule has 0 fully saturated rings. The molecule has 2 rings (SSSR count). The van der Waals surface area contributed by atoms with Crippen molar-refractivity contribution in [2.75, 3.05) is 5.32 Å². The first-order valence-electron chi connectivity index (χ1n) is 6.06. The second-order valence-corrected chi connectivity index (χ2v) is 6.47. The summed E-state index contributed by atoms with van der Waals surface area (Å²) in [6.07, 6.45) is 0.520. The number of carbonyl (C=O) groups is 1. The zero-order valence-corrected chi connectivity index (χ0v) is 13.2. The molecule has 1 aromatic carbocycles. The van der Waals surface area contributed by atoms with E-state index in [-0.39, 0.29) is 5.91 Å². The normalized spacial score (nSPS) is 10.7. The number of halogens is 1. The molecule has 2 aromatic rings. The zero-order chi connectivity index (χ0) is 13.8. The summed E-state index contributed by atoms with van der Waals surface area (Å²) >= 11 is 4.89. The van der Waals surface area contributed by atoms with Gasteiger partial charge in [0.25, 0.3) is 0 Å². The Balaban J connectivity index is 2.09. The Labute approximate surface area is 125 Å². The molecule has 0 aliphatic carbocycles. The molecule has 100 valence electrons. The maximum atomic E-state index is 11.7. The van der Waals surface area contributed by atoms with Gasteiger partial charge in [0.15, 0.2) is 5.13 Å². The third kappa shape index (κ3) is 4.14. The van der Waals surface area contributed by atoms with Gasteiger partial charge >= 0.3 is 0 Å². The first-order chi connectivity index (χ1) is 9.04. The van der Waals surface area contributed by atoms with Crippen molar-refractivity contribution < 1.29 is 4.79 Å². The van der Waals surface area contributed by atoms with Crippen LogP contribution in [-0.2, 0) is 4.79 Å². The third-order valence-corrected chi connectivity index (χ3v) is 3.72. The first kappa shape index (κ1) is 14.2. The zero-order valence-electron chi connectivity index (χ0n) is 10.8. The van der Waals surface area contributed by atoms with Crippen LogP contribution < -0.4 is 5.32 Å². The summed E-state index contributed by atoms with van der Waals surface area (Å²) in [5.41, 5.74) is 1.92. The number of rotatable bonds is 4. The van der Waals surface area contributed by atoms with Gasteiger partial charge in [-0.3, -0.25) is 4.79 Å². The van der Waals surface area contributed by atoms with E-state index in [1.165, 1.54) is 11.3 Å². The van der Waals surface area contributed by atoms with Gasteiger partial charge in [-0.15, -0.1) is 11.3 Å². The van der Waals surface area contributed by atoms with E-state index in [4.69, 9.17) is 0 Å². The van der Waals surface area contributed by atoms with E-state index in [9.17, 15) is 4.79 Å². The molecule has 0 spiro atoms. The van der Waals surface area contributed by atoms with E-state index in [1.807, 2.05) is 43.5 Å². The number of carbonyl (C=O) groups excluding carboxylic acids is 1. The molecule has 0 aliphatic rings. The molecule has 3 nitrogen and oxygen atoms in total. The van der Waals surface area contributed by atoms with Gasteiger partial charge in [0.05, 0.1) is 5.69 Å². The van der Waals surface area contributed by atoms with Crippen LogP contribution in [0, 0.1) is 5.92 Å². The van der Waals surface area contributed by atoms with Crippen molar-refractivity contribution in [3.05, 3.63) is 34.1 Å². The van der Waals surface area contributed by atoms with Crippen LogP contribution in [0.3, 0.4) is 0 Å². The molecule has 19 heavy (non-hydrogen) atoms. The Bertz CT molecular complexity index is 580. The van der Waals surface area contributed by atoms with Crippen LogP contribution in [-0.4, -0.2) is 10.9 Å². The van der Waals surface area contributed by atoms with Gasteiger partial charge in [0, 0.05) is 21.8 Å². The van der Waals surface area contributed by atoms with Crippen LogP contribution >= 0.6 is 27.3 Å². The number of hydrogen-bond acceptors (Lipinski definition) is 3. The van der Waals surface area contributed by atoms with Gasteiger partial charge in [-0.25, -0.2) is 4.98 Å². The molecule has 0 saturated heterocycles. The molecule has 0 saturated carbocycles. The lowest BCUT2D eigenvalue weighted by atomic mass is 10.1. The number of amides is 1. The molecule has 1 heterocycles. The molecule has 0 radical (unpaired) electrons. The van der Waals surface area contributed by atoms with E-state index in [1.54, 1.807) is 0 Å². The number of nitrogens with zero attached hydrogens (tertiary/aromatic N) is 1. The lowest BCUT2D eigenvalue weighted by molar-refractivity contribution is -0.116. The van der Waals surface area contributed by atoms with Crippen molar-refractivity contribution in [3.8, 4) is 11.3 Å². The largest absolute Gasteiger partial charge is 0.302 e. The average molecular weight is 339 g/mol. The minimum absolute atomic E-state index is 0.0187. The molecular weight excluding hydrogens is 324 g/mol. The fraction of sp³-hybridized carbons (Fsp3) is 0.286. The van der Waals surface area contributed by atoms with Crippen LogP contribution in [0.1, 0.15) is 20.3 Å². The molecule has 5 heteroatoms. The topological polar surface area (TPSA) is 42.0 Å². The summed E-state index contributed by atoms with van der Waals surface area (Å²) in [5.74, 6) is 0.370. The first-order valence-corrected chi connectivity index (χ1v) is 7.73. The lowest BCUT2D eigenvalue weighted by Gasteiger charge is -2.03. The van der Waals surface area contributed by atoms with Crippen molar-refractivity contribution >= 4 is 38.3 Å². The number of benzene rings is 1. The molecular formula is C14H15BrN2OS. The van der Waals surface area contributed by atoms with Gasteiger partial charge < -0.3 is 5.32 Å². The molecule has 0 atom stereocenters. The Kier molecular flexibility index (Phi) is 4.71. The predicted molar refractivity (Wildman–Crippen MR) is 83.3 cm³/mol. The van der Waals surface area contributed by atoms with Crippen molar-refractivity contribution in [2.45, 2.75) is 20.3 Å². The molecule has 1 aromatic heterocycles. The smallest absolute Gasteiger partial charge is 0.226 e. The average Bonchev–Trinajstić information content (AvgIpc) is 2.76. The van der Waals surface area contributed by atoms with Crippen LogP contribution in [0.25, 0.3) is 11.3 Å². The fourth-order valence-electron chi connectivity index (χ4n) is 1.65. The Morgan fingerprint density at radius 1 is 1.47 bits per heavy atom. The highest BCUT2D eigenvalue weighted by molar-refractivity contribution is 9.10. The predicted octanol–water partition coefficient (Wildman–Crippen LogP) is 4.56. The van der Waals surface area contributed by atoms with E-state index in [0.29, 0.717) is 17.5 Å². The quantitative estimate of drug-likeness (QED) is 0.887. The van der Waals surface area contributed by atoms with Crippen LogP contribution in [0.15, 0.2) is 34.1 Å². The van der Waals surface area contributed by atoms with Crippen molar-refractivity contribution in [1.82, 2.24) is 4.98 Å². The number of thiazole rings is 1. The second kappa shape index (κ2) is 6.30. The summed E-state index contributed by atoms with van der Waals surface area (Å²) in [6.45, 7) is 4.04. The number of nitrogens with one attached hydrogen (secondary N) is 1. The number of aromatic nitrogens is 1. The van der Waals surface area contributed by atoms with Gasteiger partial charge in [-0.1, -0.05) is 41.9 Å². The molecule has 0 aliphatic heterocycles.